The molecule has 3 rings (SSSR count). The Hall–Kier alpha value is -2.28. The highest BCUT2D eigenvalue weighted by Gasteiger charge is 2.25. The molecule has 0 fully saturated rings. The number of hydrogen-bond acceptors (Lipinski definition) is 7. The van der Waals surface area contributed by atoms with E-state index in [2.05, 4.69) is 9.97 Å². The fourth-order valence-corrected chi connectivity index (χ4v) is 2.23. The van der Waals surface area contributed by atoms with Crippen LogP contribution in [0.4, 0.5) is 0 Å². The van der Waals surface area contributed by atoms with Gasteiger partial charge in [0.05, 0.1) is 5.52 Å². The van der Waals surface area contributed by atoms with Crippen LogP contribution in [0.5, 0.6) is 23.1 Å². The van der Waals surface area contributed by atoms with Gasteiger partial charge in [0.25, 0.3) is 0 Å². The summed E-state index contributed by atoms with van der Waals surface area (Å²) in [6.07, 6.45) is 0.848. The van der Waals surface area contributed by atoms with E-state index in [9.17, 15) is 5.11 Å². The van der Waals surface area contributed by atoms with Gasteiger partial charge in [0.1, 0.15) is 24.9 Å². The van der Waals surface area contributed by atoms with Crippen LogP contribution in [0.25, 0.3) is 10.9 Å². The molecule has 0 bridgehead atoms. The second-order valence-corrected chi connectivity index (χ2v) is 4.46. The molecule has 0 radical (unpaired) electrons. The summed E-state index contributed by atoms with van der Waals surface area (Å²) in [5.74, 6) is 1.16. The first-order valence-electron chi connectivity index (χ1n) is 6.75. The average Bonchev–Trinajstić information content (AvgIpc) is 2.47. The SMILES string of the molecule is CCOC(C)Oc1cc2ncnc(O)c2c2c1OCCO2. The van der Waals surface area contributed by atoms with Crippen molar-refractivity contribution >= 4 is 10.9 Å². The summed E-state index contributed by atoms with van der Waals surface area (Å²) in [4.78, 5) is 7.92. The molecule has 1 aliphatic heterocycles. The molecule has 2 heterocycles. The van der Waals surface area contributed by atoms with Gasteiger partial charge in [0.15, 0.2) is 17.8 Å². The molecule has 112 valence electrons. The monoisotopic (exact) mass is 292 g/mol. The summed E-state index contributed by atoms with van der Waals surface area (Å²) in [6.45, 7) is 5.02. The maximum absolute atomic E-state index is 9.93. The van der Waals surface area contributed by atoms with Crippen molar-refractivity contribution in [3.8, 4) is 23.1 Å². The van der Waals surface area contributed by atoms with E-state index in [0.717, 1.165) is 0 Å². The van der Waals surface area contributed by atoms with Crippen LogP contribution in [-0.2, 0) is 4.74 Å². The van der Waals surface area contributed by atoms with Gasteiger partial charge in [0, 0.05) is 12.7 Å². The standard InChI is InChI=1S/C14H16N2O5/c1-3-18-8(2)21-10-6-9-11(14(17)16-7-15-9)13-12(10)19-4-5-20-13/h6-8H,3-5H2,1-2H3,(H,15,16,17). The lowest BCUT2D eigenvalue weighted by Gasteiger charge is -2.24. The van der Waals surface area contributed by atoms with E-state index in [1.807, 2.05) is 6.92 Å². The molecule has 1 aromatic heterocycles. The van der Waals surface area contributed by atoms with E-state index in [4.69, 9.17) is 18.9 Å². The number of ether oxygens (including phenoxy) is 4. The number of benzene rings is 1. The van der Waals surface area contributed by atoms with Crippen LogP contribution in [0.15, 0.2) is 12.4 Å². The molecule has 7 heteroatoms. The van der Waals surface area contributed by atoms with Gasteiger partial charge in [0.2, 0.25) is 11.6 Å². The van der Waals surface area contributed by atoms with E-state index in [1.165, 1.54) is 6.33 Å². The van der Waals surface area contributed by atoms with Crippen molar-refractivity contribution in [1.82, 2.24) is 9.97 Å². The lowest BCUT2D eigenvalue weighted by Crippen LogP contribution is -2.20. The normalized spacial score (nSPS) is 15.0. The second-order valence-electron chi connectivity index (χ2n) is 4.46. The number of hydrogen-bond donors (Lipinski definition) is 1. The van der Waals surface area contributed by atoms with Crippen molar-refractivity contribution in [3.05, 3.63) is 12.4 Å². The summed E-state index contributed by atoms with van der Waals surface area (Å²) in [5, 5.41) is 10.4. The van der Waals surface area contributed by atoms with Gasteiger partial charge in [-0.15, -0.1) is 0 Å². The molecule has 0 saturated heterocycles. The van der Waals surface area contributed by atoms with Crippen molar-refractivity contribution in [2.75, 3.05) is 19.8 Å². The summed E-state index contributed by atoms with van der Waals surface area (Å²) in [7, 11) is 0. The minimum Gasteiger partial charge on any atom is -0.493 e. The molecule has 0 spiro atoms. The Bertz CT molecular complexity index is 661. The van der Waals surface area contributed by atoms with Crippen LogP contribution in [0.2, 0.25) is 0 Å². The third-order valence-corrected chi connectivity index (χ3v) is 3.05. The van der Waals surface area contributed by atoms with Gasteiger partial charge < -0.3 is 24.1 Å². The summed E-state index contributed by atoms with van der Waals surface area (Å²) in [6, 6.07) is 1.68. The van der Waals surface area contributed by atoms with Crippen LogP contribution in [0.1, 0.15) is 13.8 Å². The van der Waals surface area contributed by atoms with Crippen LogP contribution in [0.3, 0.4) is 0 Å². The summed E-state index contributed by atoms with van der Waals surface area (Å²) in [5.41, 5.74) is 0.519. The van der Waals surface area contributed by atoms with Crippen molar-refractivity contribution in [1.29, 1.82) is 0 Å². The molecule has 7 nitrogen and oxygen atoms in total. The van der Waals surface area contributed by atoms with Gasteiger partial charge in [-0.05, 0) is 13.8 Å². The Morgan fingerprint density at radius 2 is 2.05 bits per heavy atom. The number of fused-ring (bicyclic) bond motifs is 3. The lowest BCUT2D eigenvalue weighted by atomic mass is 10.2. The zero-order valence-corrected chi connectivity index (χ0v) is 11.8. The molecule has 0 saturated carbocycles. The minimum atomic E-state index is -0.433. The molecule has 0 amide bonds. The summed E-state index contributed by atoms with van der Waals surface area (Å²) < 4.78 is 22.3. The molecular formula is C14H16N2O5. The Morgan fingerprint density at radius 3 is 2.81 bits per heavy atom. The van der Waals surface area contributed by atoms with E-state index >= 15 is 0 Å². The molecule has 2 aromatic rings. The predicted molar refractivity (Wildman–Crippen MR) is 73.9 cm³/mol. The van der Waals surface area contributed by atoms with Crippen LogP contribution in [0, 0.1) is 0 Å². The minimum absolute atomic E-state index is 0.147. The average molecular weight is 292 g/mol. The van der Waals surface area contributed by atoms with Gasteiger partial charge >= 0.3 is 0 Å². The van der Waals surface area contributed by atoms with Crippen LogP contribution < -0.4 is 14.2 Å². The van der Waals surface area contributed by atoms with Crippen molar-refractivity contribution in [3.63, 3.8) is 0 Å². The van der Waals surface area contributed by atoms with Crippen molar-refractivity contribution < 1.29 is 24.1 Å². The molecule has 1 atom stereocenters. The van der Waals surface area contributed by atoms with Gasteiger partial charge in [-0.1, -0.05) is 0 Å². The molecular weight excluding hydrogens is 276 g/mol. The largest absolute Gasteiger partial charge is 0.493 e. The van der Waals surface area contributed by atoms with Gasteiger partial charge in [-0.2, -0.15) is 0 Å². The Morgan fingerprint density at radius 1 is 1.29 bits per heavy atom. The van der Waals surface area contributed by atoms with Crippen LogP contribution >= 0.6 is 0 Å². The Balaban J connectivity index is 2.12. The van der Waals surface area contributed by atoms with E-state index in [1.54, 1.807) is 13.0 Å². The maximum atomic E-state index is 9.93. The van der Waals surface area contributed by atoms with Gasteiger partial charge in [-0.3, -0.25) is 0 Å². The number of nitrogens with zero attached hydrogens (tertiary/aromatic N) is 2. The molecule has 0 aliphatic carbocycles. The first-order chi connectivity index (χ1) is 10.2. The lowest BCUT2D eigenvalue weighted by molar-refractivity contribution is -0.0630. The van der Waals surface area contributed by atoms with E-state index in [0.29, 0.717) is 48.0 Å². The topological polar surface area (TPSA) is 82.9 Å². The molecule has 1 unspecified atom stereocenters. The fraction of sp³-hybridized carbons (Fsp3) is 0.429. The highest BCUT2D eigenvalue weighted by Crippen LogP contribution is 2.47. The maximum Gasteiger partial charge on any atom is 0.225 e. The highest BCUT2D eigenvalue weighted by atomic mass is 16.7. The summed E-state index contributed by atoms with van der Waals surface area (Å²) >= 11 is 0. The smallest absolute Gasteiger partial charge is 0.225 e. The predicted octanol–water partition coefficient (Wildman–Crippen LogP) is 1.87. The molecule has 21 heavy (non-hydrogen) atoms. The van der Waals surface area contributed by atoms with Gasteiger partial charge in [-0.25, -0.2) is 9.97 Å². The van der Waals surface area contributed by atoms with Crippen LogP contribution in [-0.4, -0.2) is 41.2 Å². The van der Waals surface area contributed by atoms with Crippen molar-refractivity contribution in [2.45, 2.75) is 20.1 Å². The molecule has 1 aromatic carbocycles. The Labute approximate surface area is 121 Å². The third kappa shape index (κ3) is 2.52. The highest BCUT2D eigenvalue weighted by molar-refractivity contribution is 5.94. The van der Waals surface area contributed by atoms with E-state index in [-0.39, 0.29) is 5.88 Å². The Kier molecular flexibility index (Phi) is 3.66. The molecule has 1 aliphatic rings. The second kappa shape index (κ2) is 5.61. The zero-order chi connectivity index (χ0) is 14.8. The first-order valence-corrected chi connectivity index (χ1v) is 6.75. The number of aromatic hydroxyl groups is 1. The third-order valence-electron chi connectivity index (χ3n) is 3.05. The molecule has 1 N–H and O–H groups in total. The van der Waals surface area contributed by atoms with Crippen molar-refractivity contribution in [2.24, 2.45) is 0 Å². The quantitative estimate of drug-likeness (QED) is 0.861. The number of rotatable bonds is 4. The van der Waals surface area contributed by atoms with E-state index < -0.39 is 6.29 Å². The first kappa shape index (κ1) is 13.7. The zero-order valence-electron chi connectivity index (χ0n) is 11.8. The number of aromatic nitrogens is 2. The fourth-order valence-electron chi connectivity index (χ4n) is 2.23.